The van der Waals surface area contributed by atoms with E-state index in [9.17, 15) is 0 Å². The molecule has 0 aliphatic heterocycles. The highest BCUT2D eigenvalue weighted by molar-refractivity contribution is 9.10. The molecule has 0 bridgehead atoms. The van der Waals surface area contributed by atoms with Gasteiger partial charge in [0.15, 0.2) is 0 Å². The van der Waals surface area contributed by atoms with Gasteiger partial charge in [-0.15, -0.1) is 0 Å². The number of aryl methyl sites for hydroxylation is 1. The molecule has 0 amide bonds. The number of rotatable bonds is 2. The van der Waals surface area contributed by atoms with E-state index in [-0.39, 0.29) is 0 Å². The summed E-state index contributed by atoms with van der Waals surface area (Å²) in [4.78, 5) is 0. The molecule has 1 heterocycles. The van der Waals surface area contributed by atoms with Crippen molar-refractivity contribution in [2.75, 3.05) is 7.11 Å². The highest BCUT2D eigenvalue weighted by Gasteiger charge is 2.30. The number of halogens is 1. The highest BCUT2D eigenvalue weighted by atomic mass is 79.9. The van der Waals surface area contributed by atoms with Crippen molar-refractivity contribution in [1.82, 2.24) is 9.78 Å². The Morgan fingerprint density at radius 1 is 1.40 bits per heavy atom. The number of hydrogen-bond acceptors (Lipinski definition) is 2. The quantitative estimate of drug-likeness (QED) is 0.828. The summed E-state index contributed by atoms with van der Waals surface area (Å²) < 4.78 is 8.76. The van der Waals surface area contributed by atoms with Crippen molar-refractivity contribution < 1.29 is 4.74 Å². The third kappa shape index (κ3) is 1.85. The minimum atomic E-state index is 0.329. The zero-order chi connectivity index (χ0) is 11.0. The van der Waals surface area contributed by atoms with Crippen molar-refractivity contribution in [2.45, 2.75) is 45.3 Å². The molecule has 0 radical (unpaired) electrons. The molecule has 2 unspecified atom stereocenters. The van der Waals surface area contributed by atoms with E-state index < -0.39 is 0 Å². The van der Waals surface area contributed by atoms with E-state index in [2.05, 4.69) is 32.6 Å². The van der Waals surface area contributed by atoms with Gasteiger partial charge in [0.25, 0.3) is 0 Å². The summed E-state index contributed by atoms with van der Waals surface area (Å²) in [5.41, 5.74) is 2.27. The molecule has 4 heteroatoms. The summed E-state index contributed by atoms with van der Waals surface area (Å²) in [6, 6.07) is 0.417. The van der Waals surface area contributed by atoms with Gasteiger partial charge in [0.05, 0.1) is 28.0 Å². The first kappa shape index (κ1) is 11.1. The molecule has 1 aliphatic rings. The summed E-state index contributed by atoms with van der Waals surface area (Å²) in [6.07, 6.45) is 3.89. The number of methoxy groups -OCH3 is 1. The maximum atomic E-state index is 5.51. The molecule has 2 atom stereocenters. The molecule has 1 saturated carbocycles. The van der Waals surface area contributed by atoms with Crippen LogP contribution in [0.2, 0.25) is 0 Å². The molecule has 1 fully saturated rings. The van der Waals surface area contributed by atoms with Gasteiger partial charge in [-0.2, -0.15) is 5.10 Å². The number of hydrogen-bond donors (Lipinski definition) is 0. The number of aromatic nitrogens is 2. The van der Waals surface area contributed by atoms with E-state index in [0.717, 1.165) is 16.6 Å². The minimum Gasteiger partial charge on any atom is -0.379 e. The largest absolute Gasteiger partial charge is 0.379 e. The van der Waals surface area contributed by atoms with Crippen LogP contribution in [0.15, 0.2) is 4.47 Å². The van der Waals surface area contributed by atoms with Gasteiger partial charge in [-0.25, -0.2) is 0 Å². The van der Waals surface area contributed by atoms with Gasteiger partial charge in [0, 0.05) is 7.11 Å². The average molecular weight is 273 g/mol. The van der Waals surface area contributed by atoms with Crippen LogP contribution in [0.4, 0.5) is 0 Å². The molecule has 1 aliphatic carbocycles. The van der Waals surface area contributed by atoms with Crippen LogP contribution in [0.25, 0.3) is 0 Å². The monoisotopic (exact) mass is 272 g/mol. The average Bonchev–Trinajstić information content (AvgIpc) is 2.78. The zero-order valence-corrected chi connectivity index (χ0v) is 11.0. The lowest BCUT2D eigenvalue weighted by atomic mass is 10.2. The van der Waals surface area contributed by atoms with Crippen molar-refractivity contribution in [2.24, 2.45) is 0 Å². The number of nitrogens with zero attached hydrogens (tertiary/aromatic N) is 2. The second-order valence-corrected chi connectivity index (χ2v) is 4.99. The molecule has 0 aromatic carbocycles. The Labute approximate surface area is 98.9 Å². The van der Waals surface area contributed by atoms with E-state index in [4.69, 9.17) is 4.74 Å². The second kappa shape index (κ2) is 4.26. The lowest BCUT2D eigenvalue weighted by Gasteiger charge is -2.20. The van der Waals surface area contributed by atoms with E-state index in [0.29, 0.717) is 12.1 Å². The van der Waals surface area contributed by atoms with Crippen molar-refractivity contribution >= 4 is 15.9 Å². The molecule has 0 spiro atoms. The molecule has 1 aromatic rings. The van der Waals surface area contributed by atoms with E-state index in [1.807, 2.05) is 6.92 Å². The van der Waals surface area contributed by atoms with Gasteiger partial charge in [-0.05, 0) is 49.0 Å². The summed E-state index contributed by atoms with van der Waals surface area (Å²) in [6.45, 7) is 4.14. The Bertz CT molecular complexity index is 362. The minimum absolute atomic E-state index is 0.329. The molecule has 84 valence electrons. The Kier molecular flexibility index (Phi) is 3.16. The Morgan fingerprint density at radius 3 is 2.67 bits per heavy atom. The molecular weight excluding hydrogens is 256 g/mol. The Morgan fingerprint density at radius 2 is 2.13 bits per heavy atom. The fraction of sp³-hybridized carbons (Fsp3) is 0.727. The molecule has 1 aromatic heterocycles. The SMILES string of the molecule is COC1CCCC1n1nc(C)c(Br)c1C. The van der Waals surface area contributed by atoms with Crippen LogP contribution in [0.5, 0.6) is 0 Å². The van der Waals surface area contributed by atoms with Gasteiger partial charge in [0.2, 0.25) is 0 Å². The normalized spacial score (nSPS) is 26.1. The fourth-order valence-electron chi connectivity index (χ4n) is 2.43. The predicted octanol–water partition coefficient (Wildman–Crippen LogP) is 3.00. The molecule has 3 nitrogen and oxygen atoms in total. The van der Waals surface area contributed by atoms with Gasteiger partial charge >= 0.3 is 0 Å². The lowest BCUT2D eigenvalue weighted by Crippen LogP contribution is -2.22. The standard InChI is InChI=1S/C11H17BrN2O/c1-7-11(12)8(2)14(13-7)9-5-4-6-10(9)15-3/h9-10H,4-6H2,1-3H3. The first-order valence-electron chi connectivity index (χ1n) is 5.39. The Hall–Kier alpha value is -0.350. The number of ether oxygens (including phenoxy) is 1. The van der Waals surface area contributed by atoms with Crippen molar-refractivity contribution in [3.05, 3.63) is 15.9 Å². The predicted molar refractivity (Wildman–Crippen MR) is 63.1 cm³/mol. The molecule has 2 rings (SSSR count). The highest BCUT2D eigenvalue weighted by Crippen LogP contribution is 2.34. The second-order valence-electron chi connectivity index (χ2n) is 4.20. The first-order valence-corrected chi connectivity index (χ1v) is 6.18. The van der Waals surface area contributed by atoms with Crippen LogP contribution in [-0.4, -0.2) is 23.0 Å². The molecule has 0 N–H and O–H groups in total. The Balaban J connectivity index is 2.32. The summed E-state index contributed by atoms with van der Waals surface area (Å²) in [5, 5.41) is 4.58. The van der Waals surface area contributed by atoms with Crippen LogP contribution >= 0.6 is 15.9 Å². The van der Waals surface area contributed by atoms with Gasteiger partial charge < -0.3 is 4.74 Å². The lowest BCUT2D eigenvalue weighted by molar-refractivity contribution is 0.0700. The van der Waals surface area contributed by atoms with Crippen LogP contribution in [0, 0.1) is 13.8 Å². The molecule has 0 saturated heterocycles. The van der Waals surface area contributed by atoms with Crippen LogP contribution in [-0.2, 0) is 4.74 Å². The van der Waals surface area contributed by atoms with Crippen LogP contribution in [0.1, 0.15) is 36.7 Å². The molecular formula is C11H17BrN2O. The van der Waals surface area contributed by atoms with Crippen molar-refractivity contribution in [1.29, 1.82) is 0 Å². The third-order valence-corrected chi connectivity index (χ3v) is 4.42. The first-order chi connectivity index (χ1) is 7.15. The smallest absolute Gasteiger partial charge is 0.0795 e. The maximum Gasteiger partial charge on any atom is 0.0795 e. The van der Waals surface area contributed by atoms with E-state index >= 15 is 0 Å². The van der Waals surface area contributed by atoms with Crippen LogP contribution < -0.4 is 0 Å². The molecule has 15 heavy (non-hydrogen) atoms. The summed E-state index contributed by atoms with van der Waals surface area (Å²) >= 11 is 3.56. The van der Waals surface area contributed by atoms with E-state index in [1.54, 1.807) is 7.11 Å². The van der Waals surface area contributed by atoms with Gasteiger partial charge in [-0.1, -0.05) is 0 Å². The third-order valence-electron chi connectivity index (χ3n) is 3.27. The van der Waals surface area contributed by atoms with Gasteiger partial charge in [-0.3, -0.25) is 4.68 Å². The van der Waals surface area contributed by atoms with Crippen LogP contribution in [0.3, 0.4) is 0 Å². The van der Waals surface area contributed by atoms with Crippen molar-refractivity contribution in [3.63, 3.8) is 0 Å². The summed E-state index contributed by atoms with van der Waals surface area (Å²) in [7, 11) is 1.80. The zero-order valence-electron chi connectivity index (χ0n) is 9.46. The van der Waals surface area contributed by atoms with Crippen molar-refractivity contribution in [3.8, 4) is 0 Å². The van der Waals surface area contributed by atoms with Gasteiger partial charge in [0.1, 0.15) is 0 Å². The topological polar surface area (TPSA) is 27.1 Å². The maximum absolute atomic E-state index is 5.51. The fourth-order valence-corrected chi connectivity index (χ4v) is 2.69. The van der Waals surface area contributed by atoms with E-state index in [1.165, 1.54) is 18.5 Å². The summed E-state index contributed by atoms with van der Waals surface area (Å²) in [5.74, 6) is 0.